The highest BCUT2D eigenvalue weighted by molar-refractivity contribution is 6.33. The highest BCUT2D eigenvalue weighted by Crippen LogP contribution is 2.37. The molecule has 100 valence electrons. The molecule has 0 spiro atoms. The third-order valence-corrected chi connectivity index (χ3v) is 2.92. The van der Waals surface area contributed by atoms with Gasteiger partial charge in [0.2, 0.25) is 0 Å². The Bertz CT molecular complexity index is 600. The van der Waals surface area contributed by atoms with Crippen molar-refractivity contribution in [1.82, 2.24) is 9.97 Å². The van der Waals surface area contributed by atoms with Gasteiger partial charge in [0, 0.05) is 0 Å². The number of para-hydroxylation sites is 1. The largest absolute Gasteiger partial charge is 0.493 e. The zero-order valence-corrected chi connectivity index (χ0v) is 11.6. The van der Waals surface area contributed by atoms with Gasteiger partial charge in [0.1, 0.15) is 0 Å². The average Bonchev–Trinajstić information content (AvgIpc) is 2.43. The van der Waals surface area contributed by atoms with Crippen LogP contribution in [0.4, 0.5) is 4.39 Å². The van der Waals surface area contributed by atoms with E-state index in [4.69, 9.17) is 32.7 Å². The van der Waals surface area contributed by atoms with Gasteiger partial charge in [0.25, 0.3) is 0 Å². The van der Waals surface area contributed by atoms with E-state index in [0.29, 0.717) is 17.1 Å². The van der Waals surface area contributed by atoms with Gasteiger partial charge >= 0.3 is 0 Å². The second-order valence-corrected chi connectivity index (χ2v) is 4.20. The summed E-state index contributed by atoms with van der Waals surface area (Å²) in [4.78, 5) is 7.69. The van der Waals surface area contributed by atoms with Gasteiger partial charge in [-0.05, 0) is 12.1 Å². The fourth-order valence-electron chi connectivity index (χ4n) is 1.58. The Morgan fingerprint density at radius 2 is 1.68 bits per heavy atom. The van der Waals surface area contributed by atoms with Gasteiger partial charge in [-0.15, -0.1) is 0 Å². The molecular weight excluding hydrogens is 294 g/mol. The normalized spacial score (nSPS) is 10.4. The lowest BCUT2D eigenvalue weighted by atomic mass is 10.1. The van der Waals surface area contributed by atoms with Crippen LogP contribution in [0.3, 0.4) is 0 Å². The van der Waals surface area contributed by atoms with E-state index in [-0.39, 0.29) is 16.1 Å². The first-order valence-corrected chi connectivity index (χ1v) is 5.94. The van der Waals surface area contributed by atoms with Gasteiger partial charge in [-0.25, -0.2) is 14.4 Å². The van der Waals surface area contributed by atoms with Crippen molar-refractivity contribution in [2.24, 2.45) is 0 Å². The predicted molar refractivity (Wildman–Crippen MR) is 70.6 cm³/mol. The van der Waals surface area contributed by atoms with E-state index >= 15 is 0 Å². The SMILES string of the molecule is COc1cccc(-c2nc(Cl)c(F)c(Cl)n2)c1OC. The lowest BCUT2D eigenvalue weighted by molar-refractivity contribution is 0.356. The van der Waals surface area contributed by atoms with Crippen LogP contribution in [0.5, 0.6) is 11.5 Å². The molecule has 0 aliphatic heterocycles. The van der Waals surface area contributed by atoms with E-state index in [1.165, 1.54) is 14.2 Å². The van der Waals surface area contributed by atoms with Crippen molar-refractivity contribution in [3.8, 4) is 22.9 Å². The standard InChI is InChI=1S/C12H9Cl2FN2O2/c1-18-7-5-3-4-6(9(7)19-2)12-16-10(13)8(15)11(14)17-12/h3-5H,1-2H3. The van der Waals surface area contributed by atoms with E-state index in [9.17, 15) is 4.39 Å². The van der Waals surface area contributed by atoms with Crippen LogP contribution in [0.15, 0.2) is 18.2 Å². The summed E-state index contributed by atoms with van der Waals surface area (Å²) in [7, 11) is 2.99. The van der Waals surface area contributed by atoms with Crippen molar-refractivity contribution >= 4 is 23.2 Å². The molecule has 1 heterocycles. The average molecular weight is 303 g/mol. The van der Waals surface area contributed by atoms with Gasteiger partial charge < -0.3 is 9.47 Å². The van der Waals surface area contributed by atoms with Crippen molar-refractivity contribution in [2.45, 2.75) is 0 Å². The van der Waals surface area contributed by atoms with E-state index in [1.807, 2.05) is 0 Å². The molecule has 1 aromatic heterocycles. The van der Waals surface area contributed by atoms with Gasteiger partial charge in [-0.3, -0.25) is 0 Å². The van der Waals surface area contributed by atoms with Gasteiger partial charge in [0.05, 0.1) is 19.8 Å². The summed E-state index contributed by atoms with van der Waals surface area (Å²) in [6, 6.07) is 5.14. The summed E-state index contributed by atoms with van der Waals surface area (Å²) >= 11 is 11.3. The minimum absolute atomic E-state index is 0.159. The van der Waals surface area contributed by atoms with Crippen LogP contribution in [-0.4, -0.2) is 24.2 Å². The Labute approximate surface area is 119 Å². The second-order valence-electron chi connectivity index (χ2n) is 3.48. The van der Waals surface area contributed by atoms with Crippen LogP contribution in [-0.2, 0) is 0 Å². The quantitative estimate of drug-likeness (QED) is 0.813. The number of nitrogens with zero attached hydrogens (tertiary/aromatic N) is 2. The Balaban J connectivity index is 2.65. The predicted octanol–water partition coefficient (Wildman–Crippen LogP) is 3.61. The van der Waals surface area contributed by atoms with Crippen molar-refractivity contribution in [3.63, 3.8) is 0 Å². The summed E-state index contributed by atoms with van der Waals surface area (Å²) < 4.78 is 23.7. The van der Waals surface area contributed by atoms with E-state index in [0.717, 1.165) is 0 Å². The Kier molecular flexibility index (Phi) is 4.07. The molecule has 0 saturated heterocycles. The number of halogens is 3. The number of benzene rings is 1. The summed E-state index contributed by atoms with van der Waals surface area (Å²) in [5.41, 5.74) is 0.505. The molecule has 7 heteroatoms. The summed E-state index contributed by atoms with van der Waals surface area (Å²) in [6.45, 7) is 0. The number of methoxy groups -OCH3 is 2. The molecule has 0 aliphatic carbocycles. The van der Waals surface area contributed by atoms with Crippen LogP contribution in [0, 0.1) is 5.82 Å². The molecular formula is C12H9Cl2FN2O2. The molecule has 2 aromatic rings. The van der Waals surface area contributed by atoms with E-state index in [1.54, 1.807) is 18.2 Å². The molecule has 0 atom stereocenters. The maximum Gasteiger partial charge on any atom is 0.197 e. The van der Waals surface area contributed by atoms with Gasteiger partial charge in [-0.2, -0.15) is 0 Å². The Morgan fingerprint density at radius 1 is 1.05 bits per heavy atom. The van der Waals surface area contributed by atoms with Crippen LogP contribution in [0.2, 0.25) is 10.3 Å². The third kappa shape index (κ3) is 2.57. The van der Waals surface area contributed by atoms with Crippen LogP contribution < -0.4 is 9.47 Å². The molecule has 0 fully saturated rings. The maximum atomic E-state index is 13.3. The first-order valence-electron chi connectivity index (χ1n) is 5.18. The van der Waals surface area contributed by atoms with Crippen molar-refractivity contribution in [1.29, 1.82) is 0 Å². The lowest BCUT2D eigenvalue weighted by Crippen LogP contribution is -1.98. The summed E-state index contributed by atoms with van der Waals surface area (Å²) in [6.07, 6.45) is 0. The van der Waals surface area contributed by atoms with Crippen molar-refractivity contribution in [2.75, 3.05) is 14.2 Å². The Morgan fingerprint density at radius 3 is 2.21 bits per heavy atom. The van der Waals surface area contributed by atoms with E-state index in [2.05, 4.69) is 9.97 Å². The fourth-order valence-corrected chi connectivity index (χ4v) is 1.97. The highest BCUT2D eigenvalue weighted by atomic mass is 35.5. The molecule has 2 rings (SSSR count). The first-order chi connectivity index (χ1) is 9.08. The third-order valence-electron chi connectivity index (χ3n) is 2.41. The molecule has 19 heavy (non-hydrogen) atoms. The van der Waals surface area contributed by atoms with Crippen LogP contribution in [0.1, 0.15) is 0 Å². The minimum atomic E-state index is -0.853. The molecule has 0 aliphatic rings. The zero-order chi connectivity index (χ0) is 14.0. The molecule has 0 N–H and O–H groups in total. The summed E-state index contributed by atoms with van der Waals surface area (Å²) in [5.74, 6) is 0.227. The number of rotatable bonds is 3. The lowest BCUT2D eigenvalue weighted by Gasteiger charge is -2.11. The van der Waals surface area contributed by atoms with Gasteiger partial charge in [0.15, 0.2) is 33.4 Å². The van der Waals surface area contributed by atoms with E-state index < -0.39 is 5.82 Å². The molecule has 0 unspecified atom stereocenters. The molecule has 4 nitrogen and oxygen atoms in total. The highest BCUT2D eigenvalue weighted by Gasteiger charge is 2.17. The smallest absolute Gasteiger partial charge is 0.197 e. The van der Waals surface area contributed by atoms with Crippen LogP contribution >= 0.6 is 23.2 Å². The number of ether oxygens (including phenoxy) is 2. The fraction of sp³-hybridized carbons (Fsp3) is 0.167. The Hall–Kier alpha value is -1.59. The van der Waals surface area contributed by atoms with Crippen LogP contribution in [0.25, 0.3) is 11.4 Å². The van der Waals surface area contributed by atoms with Crippen molar-refractivity contribution < 1.29 is 13.9 Å². The second kappa shape index (κ2) is 5.59. The van der Waals surface area contributed by atoms with Crippen molar-refractivity contribution in [3.05, 3.63) is 34.3 Å². The zero-order valence-electron chi connectivity index (χ0n) is 10.1. The number of hydrogen-bond acceptors (Lipinski definition) is 4. The molecule has 0 radical (unpaired) electrons. The topological polar surface area (TPSA) is 44.2 Å². The molecule has 0 saturated carbocycles. The van der Waals surface area contributed by atoms with Gasteiger partial charge in [-0.1, -0.05) is 29.3 Å². The molecule has 0 bridgehead atoms. The first kappa shape index (κ1) is 13.8. The summed E-state index contributed by atoms with van der Waals surface area (Å²) in [5, 5.41) is -0.695. The number of hydrogen-bond donors (Lipinski definition) is 0. The molecule has 1 aromatic carbocycles. The monoisotopic (exact) mass is 302 g/mol. The molecule has 0 amide bonds. The number of aromatic nitrogens is 2. The maximum absolute atomic E-state index is 13.3. The minimum Gasteiger partial charge on any atom is -0.493 e.